The van der Waals surface area contributed by atoms with Crippen molar-refractivity contribution in [3.8, 4) is 0 Å². The quantitative estimate of drug-likeness (QED) is 0.695. The van der Waals surface area contributed by atoms with Crippen LogP contribution in [0.15, 0.2) is 47.4 Å². The van der Waals surface area contributed by atoms with Crippen molar-refractivity contribution >= 4 is 45.2 Å². The van der Waals surface area contributed by atoms with Gasteiger partial charge in [-0.25, -0.2) is 17.9 Å². The van der Waals surface area contributed by atoms with Gasteiger partial charge in [0.05, 0.1) is 10.9 Å². The first-order valence-electron chi connectivity index (χ1n) is 8.27. The molecule has 0 aliphatic carbocycles. The third-order valence-corrected chi connectivity index (χ3v) is 6.53. The van der Waals surface area contributed by atoms with Crippen LogP contribution in [0.5, 0.6) is 0 Å². The highest BCUT2D eigenvalue weighted by molar-refractivity contribution is 7.89. The maximum atomic E-state index is 12.9. The van der Waals surface area contributed by atoms with E-state index in [0.717, 1.165) is 4.90 Å². The molecule has 1 aliphatic heterocycles. The van der Waals surface area contributed by atoms with Crippen molar-refractivity contribution in [2.45, 2.75) is 23.9 Å². The van der Waals surface area contributed by atoms with Crippen LogP contribution in [0.25, 0.3) is 0 Å². The normalized spacial score (nSPS) is 18.3. The first-order chi connectivity index (χ1) is 13.2. The summed E-state index contributed by atoms with van der Waals surface area (Å²) in [4.78, 5) is 26.5. The average Bonchev–Trinajstić information content (AvgIpc) is 2.95. The molecule has 0 saturated carbocycles. The van der Waals surface area contributed by atoms with Crippen LogP contribution in [0, 0.1) is 0 Å². The molecule has 2 N–H and O–H groups in total. The van der Waals surface area contributed by atoms with Gasteiger partial charge in [0, 0.05) is 15.6 Å². The van der Waals surface area contributed by atoms with Gasteiger partial charge in [0.15, 0.2) is 0 Å². The lowest BCUT2D eigenvalue weighted by molar-refractivity contribution is -0.129. The zero-order chi connectivity index (χ0) is 20.6. The number of benzene rings is 2. The van der Waals surface area contributed by atoms with Crippen LogP contribution in [0.4, 0.5) is 4.79 Å². The second-order valence-corrected chi connectivity index (χ2v) is 8.94. The Balaban J connectivity index is 1.93. The van der Waals surface area contributed by atoms with Gasteiger partial charge < -0.3 is 5.32 Å². The Bertz CT molecular complexity index is 1060. The Hall–Kier alpha value is -2.13. The van der Waals surface area contributed by atoms with Gasteiger partial charge in [-0.1, -0.05) is 41.4 Å². The van der Waals surface area contributed by atoms with Crippen LogP contribution in [-0.4, -0.2) is 32.3 Å². The fourth-order valence-corrected chi connectivity index (χ4v) is 4.32. The number of hydrogen-bond acceptors (Lipinski definition) is 4. The van der Waals surface area contributed by atoms with Crippen LogP contribution in [0.1, 0.15) is 30.1 Å². The number of imide groups is 1. The Morgan fingerprint density at radius 1 is 1.14 bits per heavy atom. The number of nitrogens with one attached hydrogen (secondary N) is 2. The molecular weight excluding hydrogens is 425 g/mol. The van der Waals surface area contributed by atoms with Gasteiger partial charge in [-0.15, -0.1) is 0 Å². The van der Waals surface area contributed by atoms with Crippen molar-refractivity contribution in [1.82, 2.24) is 14.9 Å². The maximum Gasteiger partial charge on any atom is 0.325 e. The summed E-state index contributed by atoms with van der Waals surface area (Å²) in [5.74, 6) is -0.483. The summed E-state index contributed by atoms with van der Waals surface area (Å²) in [5, 5.41) is 3.30. The van der Waals surface area contributed by atoms with Crippen LogP contribution >= 0.6 is 23.2 Å². The summed E-state index contributed by atoms with van der Waals surface area (Å²) in [6, 6.07) is 8.53. The lowest BCUT2D eigenvalue weighted by Gasteiger charge is -2.22. The fourth-order valence-electron chi connectivity index (χ4n) is 3.02. The molecule has 1 saturated heterocycles. The minimum absolute atomic E-state index is 0.0451. The highest BCUT2D eigenvalue weighted by Gasteiger charge is 2.42. The molecule has 2 aromatic carbocycles. The second-order valence-electron chi connectivity index (χ2n) is 6.21. The smallest absolute Gasteiger partial charge is 0.322 e. The number of rotatable bonds is 5. The molecule has 10 heteroatoms. The van der Waals surface area contributed by atoms with E-state index in [1.54, 1.807) is 31.2 Å². The Morgan fingerprint density at radius 2 is 1.86 bits per heavy atom. The Labute approximate surface area is 172 Å². The van der Waals surface area contributed by atoms with Crippen molar-refractivity contribution < 1.29 is 18.0 Å². The molecule has 0 aromatic heterocycles. The zero-order valence-electron chi connectivity index (χ0n) is 14.9. The van der Waals surface area contributed by atoms with E-state index in [4.69, 9.17) is 23.2 Å². The topological polar surface area (TPSA) is 95.6 Å². The second kappa shape index (κ2) is 7.71. The number of carbonyl (C=O) groups is 2. The first kappa shape index (κ1) is 20.6. The lowest BCUT2D eigenvalue weighted by Crippen LogP contribution is -2.33. The highest BCUT2D eigenvalue weighted by atomic mass is 35.5. The number of halogens is 2. The summed E-state index contributed by atoms with van der Waals surface area (Å²) in [6.07, 6.45) is 0. The van der Waals surface area contributed by atoms with Gasteiger partial charge in [-0.05, 0) is 43.8 Å². The van der Waals surface area contributed by atoms with Crippen molar-refractivity contribution in [2.75, 3.05) is 7.05 Å². The van der Waals surface area contributed by atoms with E-state index >= 15 is 0 Å². The summed E-state index contributed by atoms with van der Waals surface area (Å²) < 4.78 is 26.3. The standard InChI is InChI=1S/C18H17Cl2N3O4S/c1-10(11-4-3-5-13(8-11)28(26,27)21-2)23-17(24)16(22-18(23)25)14-7-6-12(19)9-15(14)20/h3-10,16,21H,1-2H3,(H,22,25). The highest BCUT2D eigenvalue weighted by Crippen LogP contribution is 2.34. The molecule has 2 unspecified atom stereocenters. The average molecular weight is 442 g/mol. The molecule has 0 bridgehead atoms. The van der Waals surface area contributed by atoms with Crippen molar-refractivity contribution in [1.29, 1.82) is 0 Å². The largest absolute Gasteiger partial charge is 0.325 e. The number of carbonyl (C=O) groups excluding carboxylic acids is 2. The molecule has 148 valence electrons. The SMILES string of the molecule is CNS(=O)(=O)c1cccc(C(C)N2C(=O)NC(c3ccc(Cl)cc3Cl)C2=O)c1. The van der Waals surface area contributed by atoms with Gasteiger partial charge in [-0.3, -0.25) is 9.69 Å². The van der Waals surface area contributed by atoms with E-state index < -0.39 is 34.0 Å². The maximum absolute atomic E-state index is 12.9. The first-order valence-corrected chi connectivity index (χ1v) is 10.5. The number of amides is 3. The summed E-state index contributed by atoms with van der Waals surface area (Å²) >= 11 is 12.1. The predicted octanol–water partition coefficient (Wildman–Crippen LogP) is 3.26. The third kappa shape index (κ3) is 3.73. The molecule has 1 fully saturated rings. The fraction of sp³-hybridized carbons (Fsp3) is 0.222. The van der Waals surface area contributed by atoms with E-state index in [0.29, 0.717) is 16.1 Å². The van der Waals surface area contributed by atoms with Crippen LogP contribution in [0.3, 0.4) is 0 Å². The molecule has 1 heterocycles. The number of hydrogen-bond donors (Lipinski definition) is 2. The minimum atomic E-state index is -3.65. The molecule has 28 heavy (non-hydrogen) atoms. The van der Waals surface area contributed by atoms with Gasteiger partial charge in [-0.2, -0.15) is 0 Å². The van der Waals surface area contributed by atoms with E-state index in [1.807, 2.05) is 0 Å². The van der Waals surface area contributed by atoms with Gasteiger partial charge in [0.25, 0.3) is 5.91 Å². The molecule has 0 spiro atoms. The van der Waals surface area contributed by atoms with Crippen LogP contribution < -0.4 is 10.0 Å². The molecule has 0 radical (unpaired) electrons. The van der Waals surface area contributed by atoms with Gasteiger partial charge in [0.2, 0.25) is 10.0 Å². The summed E-state index contributed by atoms with van der Waals surface area (Å²) in [7, 11) is -2.34. The molecule has 3 rings (SSSR count). The molecule has 7 nitrogen and oxygen atoms in total. The van der Waals surface area contributed by atoms with Crippen LogP contribution in [-0.2, 0) is 14.8 Å². The summed E-state index contributed by atoms with van der Waals surface area (Å²) in [6.45, 7) is 1.65. The van der Waals surface area contributed by atoms with Crippen molar-refractivity contribution in [3.05, 3.63) is 63.6 Å². The van der Waals surface area contributed by atoms with Crippen LogP contribution in [0.2, 0.25) is 10.0 Å². The third-order valence-electron chi connectivity index (χ3n) is 4.55. The zero-order valence-corrected chi connectivity index (χ0v) is 17.3. The van der Waals surface area contributed by atoms with E-state index in [2.05, 4.69) is 10.0 Å². The minimum Gasteiger partial charge on any atom is -0.322 e. The molecule has 2 atom stereocenters. The Kier molecular flexibility index (Phi) is 5.67. The van der Waals surface area contributed by atoms with Gasteiger partial charge >= 0.3 is 6.03 Å². The molecule has 3 amide bonds. The predicted molar refractivity (Wildman–Crippen MR) is 106 cm³/mol. The van der Waals surface area contributed by atoms with E-state index in [-0.39, 0.29) is 9.92 Å². The Morgan fingerprint density at radius 3 is 2.50 bits per heavy atom. The number of sulfonamides is 1. The van der Waals surface area contributed by atoms with E-state index in [9.17, 15) is 18.0 Å². The lowest BCUT2D eigenvalue weighted by atomic mass is 10.0. The summed E-state index contributed by atoms with van der Waals surface area (Å²) in [5.41, 5.74) is 0.938. The molecule has 1 aliphatic rings. The van der Waals surface area contributed by atoms with Crippen molar-refractivity contribution in [3.63, 3.8) is 0 Å². The molecule has 2 aromatic rings. The van der Waals surface area contributed by atoms with E-state index in [1.165, 1.54) is 25.2 Å². The number of nitrogens with zero attached hydrogens (tertiary/aromatic N) is 1. The molecular formula is C18H17Cl2N3O4S. The monoisotopic (exact) mass is 441 g/mol. The number of urea groups is 1. The van der Waals surface area contributed by atoms with Gasteiger partial charge in [0.1, 0.15) is 6.04 Å². The van der Waals surface area contributed by atoms with Crippen molar-refractivity contribution in [2.24, 2.45) is 0 Å².